The van der Waals surface area contributed by atoms with Gasteiger partial charge < -0.3 is 53.2 Å². The number of nitrogens with zero attached hydrogens (tertiary/aromatic N) is 6. The lowest BCUT2D eigenvalue weighted by Crippen LogP contribution is -2.44. The van der Waals surface area contributed by atoms with Crippen molar-refractivity contribution in [2.45, 2.75) is 64.2 Å². The van der Waals surface area contributed by atoms with Crippen molar-refractivity contribution >= 4 is 92.4 Å². The van der Waals surface area contributed by atoms with E-state index in [1.54, 1.807) is 9.80 Å². The quantitative estimate of drug-likeness (QED) is 0.0190. The molecule has 2 aliphatic heterocycles. The van der Waals surface area contributed by atoms with Gasteiger partial charge in [-0.2, -0.15) is 26.3 Å². The van der Waals surface area contributed by atoms with Gasteiger partial charge in [-0.15, -0.1) is 0 Å². The van der Waals surface area contributed by atoms with Crippen LogP contribution in [-0.2, 0) is 21.9 Å². The van der Waals surface area contributed by atoms with Crippen molar-refractivity contribution in [1.29, 1.82) is 0 Å². The second kappa shape index (κ2) is 24.8. The zero-order valence-electron chi connectivity index (χ0n) is 37.1. The van der Waals surface area contributed by atoms with E-state index in [0.717, 1.165) is 36.7 Å². The third-order valence-corrected chi connectivity index (χ3v) is 11.2. The molecule has 2 saturated heterocycles. The smallest absolute Gasteiger partial charge is 0.387 e. The summed E-state index contributed by atoms with van der Waals surface area (Å²) in [6.45, 7) is 5.45. The van der Waals surface area contributed by atoms with E-state index < -0.39 is 58.5 Å². The number of unbranched alkanes of at least 4 members (excludes halogenated alkanes) is 2. The summed E-state index contributed by atoms with van der Waals surface area (Å²) in [4.78, 5) is 73.7. The number of rotatable bonds is 19. The molecule has 370 valence electrons. The standard InChI is InChI=1S/C42H54F6IN15O4/c1-2-33(50)54-9-5-3-7-34(65)58-27-19-25(41(43,44)45)21-29(36(27)63-15-11-52-12-16-63)60-38(67)31-23-32(57-24-56-31)39(68)61-30-22-26(42(46,47)48)20-28(37(30)64-17-13-53-14-18-64)59-35(66)8-4-6-10-55-40(51)62-49/h19-24,52-53H,2-18H2,1H3,(H2,50,54)(H,58,65)(H,59,66)(H,60,67)(H,61,68)(H3,51,55,62). The van der Waals surface area contributed by atoms with Crippen LogP contribution in [0.2, 0.25) is 0 Å². The zero-order chi connectivity index (χ0) is 49.4. The van der Waals surface area contributed by atoms with Crippen LogP contribution in [0.3, 0.4) is 0 Å². The number of piperazine rings is 2. The lowest BCUT2D eigenvalue weighted by Gasteiger charge is -2.33. The Morgan fingerprint density at radius 3 is 1.43 bits per heavy atom. The van der Waals surface area contributed by atoms with Crippen LogP contribution in [0.25, 0.3) is 0 Å². The summed E-state index contributed by atoms with van der Waals surface area (Å²) in [5.41, 5.74) is 7.19. The third kappa shape index (κ3) is 15.5. The lowest BCUT2D eigenvalue weighted by molar-refractivity contribution is -0.138. The molecule has 0 saturated carbocycles. The summed E-state index contributed by atoms with van der Waals surface area (Å²) in [5, 5.41) is 16.5. The Bertz CT molecular complexity index is 2170. The van der Waals surface area contributed by atoms with Gasteiger partial charge in [0.15, 0.2) is 5.96 Å². The number of carbonyl (C=O) groups is 4. The van der Waals surface area contributed by atoms with Gasteiger partial charge in [0, 0.05) is 90.8 Å². The molecule has 0 unspecified atom stereocenters. The van der Waals surface area contributed by atoms with E-state index >= 15 is 0 Å². The number of amides is 4. The van der Waals surface area contributed by atoms with Crippen LogP contribution in [-0.4, -0.2) is 111 Å². The van der Waals surface area contributed by atoms with Crippen LogP contribution < -0.4 is 56.7 Å². The van der Waals surface area contributed by atoms with Gasteiger partial charge in [-0.1, -0.05) is 6.92 Å². The van der Waals surface area contributed by atoms with E-state index in [-0.39, 0.29) is 52.9 Å². The highest BCUT2D eigenvalue weighted by Gasteiger charge is 2.36. The number of halogens is 7. The SMILES string of the molecule is CCC(N)=NCCCCC(=O)Nc1cc(C(F)(F)F)cc(NC(=O)c2cc(C(=O)Nc3cc(C(F)(F)F)cc(NC(=O)CCCCN=C(N)NI)c3N3CCNCC3)ncn2)c1N1CCNCC1. The molecule has 2 aliphatic rings. The van der Waals surface area contributed by atoms with Crippen LogP contribution in [0.4, 0.5) is 60.5 Å². The van der Waals surface area contributed by atoms with Crippen molar-refractivity contribution < 1.29 is 45.5 Å². The number of benzene rings is 2. The van der Waals surface area contributed by atoms with E-state index in [1.807, 2.05) is 29.8 Å². The van der Waals surface area contributed by atoms with Gasteiger partial charge in [-0.25, -0.2) is 9.97 Å². The predicted octanol–water partition coefficient (Wildman–Crippen LogP) is 5.08. The van der Waals surface area contributed by atoms with Crippen LogP contribution >= 0.6 is 22.9 Å². The molecule has 11 N–H and O–H groups in total. The van der Waals surface area contributed by atoms with Gasteiger partial charge in [0.25, 0.3) is 11.8 Å². The maximum Gasteiger partial charge on any atom is 0.416 e. The molecule has 2 fully saturated rings. The maximum absolute atomic E-state index is 14.4. The second-order valence-corrected chi connectivity index (χ2v) is 16.1. The Kier molecular flexibility index (Phi) is 19.3. The number of aliphatic imine (C=N–C) groups is 2. The number of anilines is 6. The fourth-order valence-electron chi connectivity index (χ4n) is 7.20. The average Bonchev–Trinajstić information content (AvgIpc) is 3.30. The number of amidine groups is 1. The molecule has 3 heterocycles. The Morgan fingerprint density at radius 1 is 0.647 bits per heavy atom. The van der Waals surface area contributed by atoms with Gasteiger partial charge >= 0.3 is 12.4 Å². The number of alkyl halides is 6. The third-order valence-electron chi connectivity index (χ3n) is 10.6. The molecule has 0 bridgehead atoms. The first-order valence-corrected chi connectivity index (χ1v) is 22.9. The van der Waals surface area contributed by atoms with Crippen molar-refractivity contribution in [2.24, 2.45) is 21.5 Å². The highest BCUT2D eigenvalue weighted by atomic mass is 127. The lowest BCUT2D eigenvalue weighted by atomic mass is 10.1. The van der Waals surface area contributed by atoms with E-state index in [0.29, 0.717) is 103 Å². The fraction of sp³-hybridized carbons (Fsp3) is 0.476. The highest BCUT2D eigenvalue weighted by Crippen LogP contribution is 2.43. The minimum Gasteiger partial charge on any atom is -0.387 e. The normalized spacial score (nSPS) is 14.9. The van der Waals surface area contributed by atoms with E-state index in [2.05, 4.69) is 55.4 Å². The molecule has 5 rings (SSSR count). The van der Waals surface area contributed by atoms with Crippen molar-refractivity contribution in [3.8, 4) is 0 Å². The van der Waals surface area contributed by atoms with Gasteiger partial charge in [0.05, 0.1) is 74.0 Å². The minimum atomic E-state index is -4.92. The summed E-state index contributed by atoms with van der Waals surface area (Å²) in [5.74, 6) is -2.63. The number of carbonyl (C=O) groups excluding carboxylic acids is 4. The van der Waals surface area contributed by atoms with Gasteiger partial charge in [-0.3, -0.25) is 32.7 Å². The first kappa shape index (κ1) is 52.9. The van der Waals surface area contributed by atoms with E-state index in [4.69, 9.17) is 11.5 Å². The van der Waals surface area contributed by atoms with Crippen molar-refractivity contribution in [1.82, 2.24) is 24.1 Å². The summed E-state index contributed by atoms with van der Waals surface area (Å²) in [6.07, 6.45) is -6.84. The minimum absolute atomic E-state index is 0.0380. The topological polar surface area (TPSA) is 262 Å². The average molecular weight is 1070 g/mol. The van der Waals surface area contributed by atoms with E-state index in [1.165, 1.54) is 0 Å². The molecule has 26 heteroatoms. The molecule has 0 atom stereocenters. The predicted molar refractivity (Wildman–Crippen MR) is 256 cm³/mol. The molecule has 19 nitrogen and oxygen atoms in total. The summed E-state index contributed by atoms with van der Waals surface area (Å²) in [6, 6.07) is 3.97. The van der Waals surface area contributed by atoms with Crippen molar-refractivity contribution in [2.75, 3.05) is 96.5 Å². The summed E-state index contributed by atoms with van der Waals surface area (Å²) >= 11 is 1.81. The number of nitrogens with one attached hydrogen (secondary N) is 7. The van der Waals surface area contributed by atoms with Gasteiger partial charge in [-0.05, 0) is 49.9 Å². The van der Waals surface area contributed by atoms with Crippen LogP contribution in [0.15, 0.2) is 46.6 Å². The highest BCUT2D eigenvalue weighted by molar-refractivity contribution is 14.1. The molecule has 0 radical (unpaired) electrons. The van der Waals surface area contributed by atoms with Crippen molar-refractivity contribution in [3.63, 3.8) is 0 Å². The monoisotopic (exact) mass is 1070 g/mol. The van der Waals surface area contributed by atoms with Crippen LogP contribution in [0.1, 0.15) is 84.0 Å². The Hall–Kier alpha value is -6.03. The molecule has 4 amide bonds. The molecular formula is C42H54F6IN15O4. The second-order valence-electron chi connectivity index (χ2n) is 15.6. The zero-order valence-corrected chi connectivity index (χ0v) is 39.3. The summed E-state index contributed by atoms with van der Waals surface area (Å²) in [7, 11) is 0. The van der Waals surface area contributed by atoms with Crippen LogP contribution in [0, 0.1) is 0 Å². The molecule has 2 aromatic carbocycles. The molecule has 0 spiro atoms. The Morgan fingerprint density at radius 2 is 1.04 bits per heavy atom. The van der Waals surface area contributed by atoms with Gasteiger partial charge in [0.2, 0.25) is 11.8 Å². The summed E-state index contributed by atoms with van der Waals surface area (Å²) < 4.78 is 89.2. The first-order chi connectivity index (χ1) is 32.4. The van der Waals surface area contributed by atoms with E-state index in [9.17, 15) is 45.5 Å². The molecule has 1 aromatic heterocycles. The molecule has 68 heavy (non-hydrogen) atoms. The van der Waals surface area contributed by atoms with Gasteiger partial charge in [0.1, 0.15) is 17.7 Å². The Balaban J connectivity index is 1.44. The molecule has 3 aromatic rings. The number of hydrogen-bond acceptors (Lipinski definition) is 12. The number of guanidine groups is 1. The molecular weight excluding hydrogens is 1020 g/mol. The van der Waals surface area contributed by atoms with Crippen molar-refractivity contribution in [3.05, 3.63) is 59.2 Å². The van der Waals surface area contributed by atoms with Crippen LogP contribution in [0.5, 0.6) is 0 Å². The largest absolute Gasteiger partial charge is 0.416 e. The maximum atomic E-state index is 14.4. The number of nitrogens with two attached hydrogens (primary N) is 2. The molecule has 0 aliphatic carbocycles. The Labute approximate surface area is 402 Å². The number of aromatic nitrogens is 2. The first-order valence-electron chi connectivity index (χ1n) is 21.8. The number of hydrogen-bond donors (Lipinski definition) is 9. The fourth-order valence-corrected chi connectivity index (χ4v) is 7.37.